The highest BCUT2D eigenvalue weighted by molar-refractivity contribution is 7.98. The van der Waals surface area contributed by atoms with E-state index in [4.69, 9.17) is 0 Å². The van der Waals surface area contributed by atoms with Gasteiger partial charge in [-0.25, -0.2) is 4.98 Å². The van der Waals surface area contributed by atoms with E-state index in [-0.39, 0.29) is 0 Å². The smallest absolute Gasteiger partial charge is 0.258 e. The zero-order chi connectivity index (χ0) is 14.7. The van der Waals surface area contributed by atoms with Crippen LogP contribution in [-0.4, -0.2) is 9.91 Å². The van der Waals surface area contributed by atoms with Crippen molar-refractivity contribution in [3.63, 3.8) is 0 Å². The van der Waals surface area contributed by atoms with Crippen molar-refractivity contribution < 1.29 is 9.31 Å². The van der Waals surface area contributed by atoms with Crippen LogP contribution in [-0.2, 0) is 5.75 Å². The van der Waals surface area contributed by atoms with Crippen LogP contribution >= 0.6 is 11.8 Å². The van der Waals surface area contributed by atoms with Gasteiger partial charge in [0.2, 0.25) is 5.82 Å². The Hall–Kier alpha value is -1.95. The van der Waals surface area contributed by atoms with Gasteiger partial charge < -0.3 is 0 Å². The van der Waals surface area contributed by atoms with Gasteiger partial charge in [0.1, 0.15) is 0 Å². The third-order valence-corrected chi connectivity index (χ3v) is 3.67. The van der Waals surface area contributed by atoms with Crippen LogP contribution in [0.5, 0.6) is 0 Å². The lowest BCUT2D eigenvalue weighted by Gasteiger charge is -2.05. The fourth-order valence-corrected chi connectivity index (χ4v) is 2.85. The first-order valence-corrected chi connectivity index (χ1v) is 6.96. The van der Waals surface area contributed by atoms with Crippen molar-refractivity contribution in [2.24, 2.45) is 0 Å². The van der Waals surface area contributed by atoms with Gasteiger partial charge in [-0.2, -0.15) is 4.39 Å². The number of aryl methyl sites for hydroxylation is 2. The van der Waals surface area contributed by atoms with Gasteiger partial charge in [-0.15, -0.1) is 11.8 Å². The minimum absolute atomic E-state index is 0.309. The molecule has 0 aliphatic heterocycles. The molecule has 0 atom stereocenters. The molecular weight excluding hydrogens is 279 g/mol. The Balaban J connectivity index is 2.19. The van der Waals surface area contributed by atoms with Gasteiger partial charge >= 0.3 is 5.69 Å². The molecule has 0 spiro atoms. The first kappa shape index (κ1) is 14.5. The summed E-state index contributed by atoms with van der Waals surface area (Å²) >= 11 is 1.36. The first-order chi connectivity index (χ1) is 9.47. The fraction of sp³-hybridized carbons (Fsp3) is 0.214. The molecule has 1 heterocycles. The van der Waals surface area contributed by atoms with E-state index in [0.29, 0.717) is 11.3 Å². The van der Waals surface area contributed by atoms with E-state index in [1.807, 2.05) is 26.0 Å². The van der Waals surface area contributed by atoms with Crippen LogP contribution in [0.25, 0.3) is 0 Å². The molecule has 0 amide bonds. The number of benzene rings is 1. The lowest BCUT2D eigenvalue weighted by molar-refractivity contribution is -0.387. The van der Waals surface area contributed by atoms with Crippen molar-refractivity contribution >= 4 is 17.4 Å². The van der Waals surface area contributed by atoms with Crippen LogP contribution in [0, 0.1) is 29.8 Å². The third kappa shape index (κ3) is 3.33. The molecule has 0 N–H and O–H groups in total. The maximum absolute atomic E-state index is 13.9. The van der Waals surface area contributed by atoms with Crippen LogP contribution in [0.2, 0.25) is 0 Å². The van der Waals surface area contributed by atoms with Gasteiger partial charge in [-0.1, -0.05) is 12.1 Å². The van der Waals surface area contributed by atoms with Gasteiger partial charge in [-0.3, -0.25) is 10.1 Å². The highest BCUT2D eigenvalue weighted by atomic mass is 32.2. The van der Waals surface area contributed by atoms with Crippen molar-refractivity contribution in [1.82, 2.24) is 4.98 Å². The van der Waals surface area contributed by atoms with Gasteiger partial charge in [0, 0.05) is 23.1 Å². The van der Waals surface area contributed by atoms with Crippen molar-refractivity contribution in [3.8, 4) is 0 Å². The van der Waals surface area contributed by atoms with Crippen molar-refractivity contribution in [2.75, 3.05) is 0 Å². The first-order valence-electron chi connectivity index (χ1n) is 5.97. The molecule has 0 bridgehead atoms. The Morgan fingerprint density at radius 3 is 2.75 bits per heavy atom. The van der Waals surface area contributed by atoms with E-state index in [1.54, 1.807) is 6.07 Å². The Kier molecular flexibility index (Phi) is 4.34. The predicted octanol–water partition coefficient (Wildman–Crippen LogP) is 4.04. The van der Waals surface area contributed by atoms with Gasteiger partial charge in [0.05, 0.1) is 9.95 Å². The molecule has 2 aromatic rings. The van der Waals surface area contributed by atoms with Crippen LogP contribution in [0.3, 0.4) is 0 Å². The topological polar surface area (TPSA) is 56.0 Å². The molecule has 104 valence electrons. The molecule has 0 aliphatic rings. The summed E-state index contributed by atoms with van der Waals surface area (Å²) in [7, 11) is 0. The molecule has 2 rings (SSSR count). The van der Waals surface area contributed by atoms with E-state index >= 15 is 0 Å². The zero-order valence-electron chi connectivity index (χ0n) is 11.1. The maximum atomic E-state index is 13.9. The second-order valence-electron chi connectivity index (χ2n) is 4.42. The predicted molar refractivity (Wildman–Crippen MR) is 76.3 cm³/mol. The third-order valence-electron chi connectivity index (χ3n) is 2.70. The Labute approximate surface area is 120 Å². The summed E-state index contributed by atoms with van der Waals surface area (Å²) in [5.41, 5.74) is 1.80. The second-order valence-corrected chi connectivity index (χ2v) is 5.42. The summed E-state index contributed by atoms with van der Waals surface area (Å²) in [6.45, 7) is 3.86. The number of nitrogens with zero attached hydrogens (tertiary/aromatic N) is 2. The quantitative estimate of drug-likeness (QED) is 0.485. The number of hydrogen-bond acceptors (Lipinski definition) is 4. The van der Waals surface area contributed by atoms with E-state index in [0.717, 1.165) is 16.3 Å². The number of pyridine rings is 1. The Morgan fingerprint density at radius 1 is 1.35 bits per heavy atom. The molecule has 0 radical (unpaired) electrons. The van der Waals surface area contributed by atoms with Crippen LogP contribution in [0.4, 0.5) is 10.1 Å². The molecule has 0 saturated carbocycles. The van der Waals surface area contributed by atoms with Gasteiger partial charge in [0.15, 0.2) is 0 Å². The van der Waals surface area contributed by atoms with E-state index in [2.05, 4.69) is 4.98 Å². The van der Waals surface area contributed by atoms with Crippen molar-refractivity contribution in [3.05, 3.63) is 63.1 Å². The molecule has 4 nitrogen and oxygen atoms in total. The van der Waals surface area contributed by atoms with E-state index in [9.17, 15) is 14.5 Å². The molecule has 0 saturated heterocycles. The van der Waals surface area contributed by atoms with E-state index < -0.39 is 16.4 Å². The Bertz CT molecular complexity index is 641. The summed E-state index contributed by atoms with van der Waals surface area (Å²) in [6.07, 6.45) is 0. The lowest BCUT2D eigenvalue weighted by Crippen LogP contribution is -1.96. The fourth-order valence-electron chi connectivity index (χ4n) is 1.85. The van der Waals surface area contributed by atoms with Crippen LogP contribution < -0.4 is 0 Å². The summed E-state index contributed by atoms with van der Waals surface area (Å²) < 4.78 is 13.9. The number of thioether (sulfide) groups is 1. The molecule has 20 heavy (non-hydrogen) atoms. The average molecular weight is 292 g/mol. The van der Waals surface area contributed by atoms with Gasteiger partial charge in [0.25, 0.3) is 0 Å². The maximum Gasteiger partial charge on any atom is 0.305 e. The van der Waals surface area contributed by atoms with Crippen molar-refractivity contribution in [1.29, 1.82) is 0 Å². The summed E-state index contributed by atoms with van der Waals surface area (Å²) in [6, 6.07) is 8.08. The van der Waals surface area contributed by atoms with E-state index in [1.165, 1.54) is 23.9 Å². The zero-order valence-corrected chi connectivity index (χ0v) is 11.9. The number of halogens is 1. The highest BCUT2D eigenvalue weighted by Crippen LogP contribution is 2.27. The number of nitro benzene ring substituents is 1. The van der Waals surface area contributed by atoms with Crippen LogP contribution in [0.1, 0.15) is 16.8 Å². The monoisotopic (exact) mass is 292 g/mol. The largest absolute Gasteiger partial charge is 0.305 e. The summed E-state index contributed by atoms with van der Waals surface area (Å²) in [5.74, 6) is -0.460. The number of aromatic nitrogens is 1. The molecule has 1 aromatic heterocycles. The molecule has 0 fully saturated rings. The van der Waals surface area contributed by atoms with Crippen molar-refractivity contribution in [2.45, 2.75) is 24.6 Å². The summed E-state index contributed by atoms with van der Waals surface area (Å²) in [4.78, 5) is 14.3. The molecule has 1 aromatic carbocycles. The number of hydrogen-bond donors (Lipinski definition) is 0. The molecular formula is C14H13FN2O2S. The number of nitro groups is 1. The average Bonchev–Trinajstić information content (AvgIpc) is 2.36. The van der Waals surface area contributed by atoms with Gasteiger partial charge in [-0.05, 0) is 31.5 Å². The standard InChI is InChI=1S/C14H13FN2O2S/c1-9-6-10(2)16-13(7-9)20-8-11-4-3-5-12(14(11)15)17(18)19/h3-7H,8H2,1-2H3. The molecule has 0 unspecified atom stereocenters. The number of rotatable bonds is 4. The second kappa shape index (κ2) is 6.00. The highest BCUT2D eigenvalue weighted by Gasteiger charge is 2.17. The molecule has 0 aliphatic carbocycles. The normalized spacial score (nSPS) is 10.6. The van der Waals surface area contributed by atoms with Crippen LogP contribution in [0.15, 0.2) is 35.4 Å². The Morgan fingerprint density at radius 2 is 2.10 bits per heavy atom. The molecule has 6 heteroatoms. The minimum atomic E-state index is -0.769. The summed E-state index contributed by atoms with van der Waals surface area (Å²) in [5, 5.41) is 11.5. The minimum Gasteiger partial charge on any atom is -0.258 e. The SMILES string of the molecule is Cc1cc(C)nc(SCc2cccc([N+](=O)[O-])c2F)c1. The lowest BCUT2D eigenvalue weighted by atomic mass is 10.2.